The average molecular weight is 211 g/mol. The van der Waals surface area contributed by atoms with Crippen molar-refractivity contribution in [2.24, 2.45) is 10.7 Å². The van der Waals surface area contributed by atoms with Crippen LogP contribution in [0.1, 0.15) is 26.2 Å². The molecule has 0 saturated heterocycles. The van der Waals surface area contributed by atoms with E-state index in [-0.39, 0.29) is 12.5 Å². The van der Waals surface area contributed by atoms with Crippen LogP contribution < -0.4 is 11.1 Å². The number of guanidine groups is 1. The van der Waals surface area contributed by atoms with E-state index in [9.17, 15) is 13.2 Å². The van der Waals surface area contributed by atoms with Gasteiger partial charge in [0.05, 0.1) is 6.42 Å². The first kappa shape index (κ1) is 13.1. The van der Waals surface area contributed by atoms with Crippen molar-refractivity contribution in [1.82, 2.24) is 5.32 Å². The summed E-state index contributed by atoms with van der Waals surface area (Å²) in [6.45, 7) is 2.34. The minimum absolute atomic E-state index is 0.0858. The molecule has 0 heterocycles. The van der Waals surface area contributed by atoms with Crippen molar-refractivity contribution in [2.75, 3.05) is 13.1 Å². The van der Waals surface area contributed by atoms with E-state index < -0.39 is 12.6 Å². The van der Waals surface area contributed by atoms with Gasteiger partial charge < -0.3 is 11.1 Å². The summed E-state index contributed by atoms with van der Waals surface area (Å²) in [5, 5.41) is 2.41. The fourth-order valence-electron chi connectivity index (χ4n) is 0.746. The molecular formula is C8H16F3N3. The SMILES string of the molecule is CCCCN=C(N)NCCC(F)(F)F. The highest BCUT2D eigenvalue weighted by Gasteiger charge is 2.26. The lowest BCUT2D eigenvalue weighted by Gasteiger charge is -2.07. The zero-order valence-corrected chi connectivity index (χ0v) is 8.19. The van der Waals surface area contributed by atoms with E-state index in [0.717, 1.165) is 12.8 Å². The van der Waals surface area contributed by atoms with E-state index in [2.05, 4.69) is 10.3 Å². The van der Waals surface area contributed by atoms with Crippen molar-refractivity contribution in [1.29, 1.82) is 0 Å². The molecule has 0 saturated carbocycles. The van der Waals surface area contributed by atoms with Gasteiger partial charge in [0, 0.05) is 13.1 Å². The molecule has 0 aromatic rings. The largest absolute Gasteiger partial charge is 0.390 e. The number of nitrogens with one attached hydrogen (secondary N) is 1. The number of nitrogens with two attached hydrogens (primary N) is 1. The average Bonchev–Trinajstić information content (AvgIpc) is 2.02. The van der Waals surface area contributed by atoms with E-state index in [4.69, 9.17) is 5.73 Å². The predicted octanol–water partition coefficient (Wildman–Crippen LogP) is 1.64. The molecule has 0 radical (unpaired) electrons. The number of halogens is 3. The molecule has 84 valence electrons. The number of rotatable bonds is 5. The van der Waals surface area contributed by atoms with Crippen LogP contribution in [0.5, 0.6) is 0 Å². The molecule has 0 rings (SSSR count). The zero-order chi connectivity index (χ0) is 11.0. The van der Waals surface area contributed by atoms with Crippen LogP contribution >= 0.6 is 0 Å². The van der Waals surface area contributed by atoms with E-state index in [1.54, 1.807) is 0 Å². The third-order valence-corrected chi connectivity index (χ3v) is 1.51. The van der Waals surface area contributed by atoms with Gasteiger partial charge in [-0.3, -0.25) is 4.99 Å². The molecule has 0 aliphatic carbocycles. The Kier molecular flexibility index (Phi) is 6.07. The minimum Gasteiger partial charge on any atom is -0.370 e. The highest BCUT2D eigenvalue weighted by molar-refractivity contribution is 5.77. The maximum atomic E-state index is 11.7. The number of nitrogens with zero attached hydrogens (tertiary/aromatic N) is 1. The van der Waals surface area contributed by atoms with Crippen LogP contribution in [0.2, 0.25) is 0 Å². The Hall–Kier alpha value is -0.940. The maximum absolute atomic E-state index is 11.7. The topological polar surface area (TPSA) is 50.4 Å². The maximum Gasteiger partial charge on any atom is 0.390 e. The van der Waals surface area contributed by atoms with Crippen molar-refractivity contribution in [3.05, 3.63) is 0 Å². The summed E-state index contributed by atoms with van der Waals surface area (Å²) in [4.78, 5) is 3.85. The molecule has 0 amide bonds. The van der Waals surface area contributed by atoms with Gasteiger partial charge in [-0.15, -0.1) is 0 Å². The smallest absolute Gasteiger partial charge is 0.370 e. The predicted molar refractivity (Wildman–Crippen MR) is 50.1 cm³/mol. The molecular weight excluding hydrogens is 195 g/mol. The van der Waals surface area contributed by atoms with E-state index in [1.807, 2.05) is 6.92 Å². The fourth-order valence-corrected chi connectivity index (χ4v) is 0.746. The van der Waals surface area contributed by atoms with Gasteiger partial charge in [-0.1, -0.05) is 13.3 Å². The van der Waals surface area contributed by atoms with Crippen molar-refractivity contribution >= 4 is 5.96 Å². The van der Waals surface area contributed by atoms with Crippen molar-refractivity contribution < 1.29 is 13.2 Å². The minimum atomic E-state index is -4.14. The zero-order valence-electron chi connectivity index (χ0n) is 8.19. The van der Waals surface area contributed by atoms with Crippen LogP contribution in [0.25, 0.3) is 0 Å². The first-order valence-electron chi connectivity index (χ1n) is 4.56. The third-order valence-electron chi connectivity index (χ3n) is 1.51. The standard InChI is InChI=1S/C8H16F3N3/c1-2-3-5-13-7(12)14-6-4-8(9,10)11/h2-6H2,1H3,(H3,12,13,14). The number of hydrogen-bond donors (Lipinski definition) is 2. The van der Waals surface area contributed by atoms with Crippen LogP contribution in [0.3, 0.4) is 0 Å². The second kappa shape index (κ2) is 6.50. The van der Waals surface area contributed by atoms with Gasteiger partial charge in [0.1, 0.15) is 0 Å². The van der Waals surface area contributed by atoms with Gasteiger partial charge in [0.2, 0.25) is 0 Å². The van der Waals surface area contributed by atoms with Crippen molar-refractivity contribution in [3.8, 4) is 0 Å². The molecule has 0 aromatic heterocycles. The number of hydrogen-bond acceptors (Lipinski definition) is 1. The quantitative estimate of drug-likeness (QED) is 0.412. The molecule has 0 aromatic carbocycles. The van der Waals surface area contributed by atoms with Gasteiger partial charge >= 0.3 is 6.18 Å². The van der Waals surface area contributed by atoms with Gasteiger partial charge in [0.25, 0.3) is 0 Å². The van der Waals surface area contributed by atoms with Crippen LogP contribution in [0, 0.1) is 0 Å². The Labute approximate surface area is 81.6 Å². The molecule has 14 heavy (non-hydrogen) atoms. The molecule has 0 aliphatic rings. The highest BCUT2D eigenvalue weighted by atomic mass is 19.4. The molecule has 0 spiro atoms. The highest BCUT2D eigenvalue weighted by Crippen LogP contribution is 2.17. The van der Waals surface area contributed by atoms with E-state index in [1.165, 1.54) is 0 Å². The van der Waals surface area contributed by atoms with Crippen LogP contribution in [0.15, 0.2) is 4.99 Å². The molecule has 0 bridgehead atoms. The first-order chi connectivity index (χ1) is 6.45. The second-order valence-corrected chi connectivity index (χ2v) is 2.91. The van der Waals surface area contributed by atoms with Gasteiger partial charge in [-0.2, -0.15) is 13.2 Å². The summed E-state index contributed by atoms with van der Waals surface area (Å²) >= 11 is 0. The first-order valence-corrected chi connectivity index (χ1v) is 4.56. The lowest BCUT2D eigenvalue weighted by Crippen LogP contribution is -2.34. The number of unbranched alkanes of at least 4 members (excludes halogenated alkanes) is 1. The summed E-state index contributed by atoms with van der Waals surface area (Å²) in [6, 6.07) is 0. The van der Waals surface area contributed by atoms with Gasteiger partial charge in [0.15, 0.2) is 5.96 Å². The van der Waals surface area contributed by atoms with Crippen LogP contribution in [0.4, 0.5) is 13.2 Å². The van der Waals surface area contributed by atoms with Gasteiger partial charge in [-0.05, 0) is 6.42 Å². The van der Waals surface area contributed by atoms with E-state index >= 15 is 0 Å². The molecule has 6 heteroatoms. The Morgan fingerprint density at radius 2 is 2.07 bits per heavy atom. The Morgan fingerprint density at radius 1 is 1.43 bits per heavy atom. The normalized spacial score (nSPS) is 13.0. The third kappa shape index (κ3) is 9.15. The summed E-state index contributed by atoms with van der Waals surface area (Å²) in [5.74, 6) is 0.0858. The van der Waals surface area contributed by atoms with Crippen molar-refractivity contribution in [3.63, 3.8) is 0 Å². The molecule has 0 aliphatic heterocycles. The molecule has 3 nitrogen and oxygen atoms in total. The van der Waals surface area contributed by atoms with Crippen molar-refractivity contribution in [2.45, 2.75) is 32.4 Å². The monoisotopic (exact) mass is 211 g/mol. The van der Waals surface area contributed by atoms with Crippen LogP contribution in [-0.4, -0.2) is 25.2 Å². The molecule has 0 atom stereocenters. The Bertz CT molecular complexity index is 177. The summed E-state index contributed by atoms with van der Waals surface area (Å²) in [6.07, 6.45) is -3.16. The lowest BCUT2D eigenvalue weighted by atomic mass is 10.3. The van der Waals surface area contributed by atoms with Crippen LogP contribution in [-0.2, 0) is 0 Å². The van der Waals surface area contributed by atoms with E-state index in [0.29, 0.717) is 6.54 Å². The Balaban J connectivity index is 3.53. The Morgan fingerprint density at radius 3 is 2.57 bits per heavy atom. The lowest BCUT2D eigenvalue weighted by molar-refractivity contribution is -0.132. The fraction of sp³-hybridized carbons (Fsp3) is 0.875. The second-order valence-electron chi connectivity index (χ2n) is 2.91. The number of aliphatic imine (C=N–C) groups is 1. The molecule has 0 unspecified atom stereocenters. The molecule has 3 N–H and O–H groups in total. The number of alkyl halides is 3. The summed E-state index contributed by atoms with van der Waals surface area (Å²) < 4.78 is 35.1. The molecule has 0 fully saturated rings. The summed E-state index contributed by atoms with van der Waals surface area (Å²) in [7, 11) is 0. The van der Waals surface area contributed by atoms with Gasteiger partial charge in [-0.25, -0.2) is 0 Å². The summed E-state index contributed by atoms with van der Waals surface area (Å²) in [5.41, 5.74) is 5.32.